The summed E-state index contributed by atoms with van der Waals surface area (Å²) in [6.07, 6.45) is 4.90. The molecule has 7 heteroatoms. The summed E-state index contributed by atoms with van der Waals surface area (Å²) >= 11 is 0. The molecule has 2 aromatic heterocycles. The van der Waals surface area contributed by atoms with E-state index >= 15 is 0 Å². The van der Waals surface area contributed by atoms with Crippen LogP contribution in [0.2, 0.25) is 0 Å². The monoisotopic (exact) mass is 261 g/mol. The van der Waals surface area contributed by atoms with Crippen LogP contribution in [-0.2, 0) is 11.8 Å². The van der Waals surface area contributed by atoms with Crippen molar-refractivity contribution in [2.24, 2.45) is 7.05 Å². The average Bonchev–Trinajstić information content (AvgIpc) is 2.80. The van der Waals surface area contributed by atoms with Gasteiger partial charge in [0.25, 0.3) is 5.56 Å². The average molecular weight is 261 g/mol. The fourth-order valence-corrected chi connectivity index (χ4v) is 2.18. The number of morpholine rings is 1. The molecule has 0 aromatic carbocycles. The van der Waals surface area contributed by atoms with Crippen LogP contribution in [-0.4, -0.2) is 39.4 Å². The van der Waals surface area contributed by atoms with E-state index in [4.69, 9.17) is 4.74 Å². The predicted molar refractivity (Wildman–Crippen MR) is 69.0 cm³/mol. The molecule has 0 saturated carbocycles. The first-order valence-corrected chi connectivity index (χ1v) is 6.12. The van der Waals surface area contributed by atoms with Crippen molar-refractivity contribution in [1.29, 1.82) is 0 Å². The molecule has 0 spiro atoms. The topological polar surface area (TPSA) is 76.0 Å². The van der Waals surface area contributed by atoms with E-state index in [9.17, 15) is 4.79 Å². The van der Waals surface area contributed by atoms with Crippen LogP contribution in [0.4, 0.5) is 5.82 Å². The SMILES string of the molecule is Cn1[nH]c(C2CN(c3cnccn3)CCO2)cc1=O. The van der Waals surface area contributed by atoms with Gasteiger partial charge in [0.2, 0.25) is 0 Å². The Morgan fingerprint density at radius 2 is 2.37 bits per heavy atom. The van der Waals surface area contributed by atoms with Crippen molar-refractivity contribution >= 4 is 5.82 Å². The molecule has 1 fully saturated rings. The van der Waals surface area contributed by atoms with Gasteiger partial charge in [-0.3, -0.25) is 19.6 Å². The number of nitrogens with zero attached hydrogens (tertiary/aromatic N) is 4. The second-order valence-electron chi connectivity index (χ2n) is 4.48. The number of rotatable bonds is 2. The molecule has 0 bridgehead atoms. The highest BCUT2D eigenvalue weighted by atomic mass is 16.5. The third-order valence-corrected chi connectivity index (χ3v) is 3.19. The lowest BCUT2D eigenvalue weighted by molar-refractivity contribution is 0.0364. The summed E-state index contributed by atoms with van der Waals surface area (Å²) in [6.45, 7) is 2.02. The fraction of sp³-hybridized carbons (Fsp3) is 0.417. The van der Waals surface area contributed by atoms with Crippen LogP contribution >= 0.6 is 0 Å². The maximum atomic E-state index is 11.5. The largest absolute Gasteiger partial charge is 0.368 e. The van der Waals surface area contributed by atoms with Crippen molar-refractivity contribution in [3.63, 3.8) is 0 Å². The molecule has 0 amide bonds. The molecule has 0 aliphatic carbocycles. The summed E-state index contributed by atoms with van der Waals surface area (Å²) in [5.41, 5.74) is 0.733. The van der Waals surface area contributed by atoms with E-state index in [-0.39, 0.29) is 11.7 Å². The van der Waals surface area contributed by atoms with Gasteiger partial charge in [-0.2, -0.15) is 0 Å². The summed E-state index contributed by atoms with van der Waals surface area (Å²) in [7, 11) is 1.69. The van der Waals surface area contributed by atoms with Gasteiger partial charge in [-0.05, 0) is 0 Å². The summed E-state index contributed by atoms with van der Waals surface area (Å²) in [4.78, 5) is 21.9. The number of hydrogen-bond acceptors (Lipinski definition) is 5. The molecule has 1 atom stereocenters. The Morgan fingerprint density at radius 3 is 3.05 bits per heavy atom. The molecule has 1 aliphatic heterocycles. The Hall–Kier alpha value is -2.15. The number of ether oxygens (including phenoxy) is 1. The molecule has 2 aromatic rings. The van der Waals surface area contributed by atoms with E-state index in [1.807, 2.05) is 0 Å². The number of aryl methyl sites for hydroxylation is 1. The van der Waals surface area contributed by atoms with E-state index in [0.717, 1.165) is 18.1 Å². The fourth-order valence-electron chi connectivity index (χ4n) is 2.18. The standard InChI is InChI=1S/C12H15N5O2/c1-16-12(18)6-9(15-16)10-8-17(4-5-19-10)11-7-13-2-3-14-11/h2-3,6-7,10,15H,4-5,8H2,1H3. The molecule has 1 aliphatic rings. The van der Waals surface area contributed by atoms with Crippen molar-refractivity contribution in [3.05, 3.63) is 40.7 Å². The van der Waals surface area contributed by atoms with Crippen LogP contribution in [0.5, 0.6) is 0 Å². The van der Waals surface area contributed by atoms with E-state index < -0.39 is 0 Å². The minimum Gasteiger partial charge on any atom is -0.368 e. The molecule has 1 unspecified atom stereocenters. The second kappa shape index (κ2) is 4.85. The highest BCUT2D eigenvalue weighted by Gasteiger charge is 2.24. The van der Waals surface area contributed by atoms with Gasteiger partial charge in [0, 0.05) is 32.1 Å². The van der Waals surface area contributed by atoms with Crippen LogP contribution in [0.1, 0.15) is 11.8 Å². The number of nitrogens with one attached hydrogen (secondary N) is 1. The lowest BCUT2D eigenvalue weighted by Crippen LogP contribution is -2.39. The van der Waals surface area contributed by atoms with Crippen molar-refractivity contribution in [2.45, 2.75) is 6.10 Å². The van der Waals surface area contributed by atoms with Gasteiger partial charge in [0.1, 0.15) is 11.9 Å². The zero-order chi connectivity index (χ0) is 13.2. The van der Waals surface area contributed by atoms with Gasteiger partial charge >= 0.3 is 0 Å². The normalized spacial score (nSPS) is 19.6. The molecule has 1 N–H and O–H groups in total. The Bertz CT molecular complexity index is 606. The summed E-state index contributed by atoms with van der Waals surface area (Å²) in [6, 6.07) is 1.57. The molecule has 19 heavy (non-hydrogen) atoms. The molecule has 0 radical (unpaired) electrons. The maximum Gasteiger partial charge on any atom is 0.266 e. The molecule has 1 saturated heterocycles. The number of aromatic nitrogens is 4. The third-order valence-electron chi connectivity index (χ3n) is 3.19. The van der Waals surface area contributed by atoms with E-state index in [1.165, 1.54) is 4.68 Å². The first kappa shape index (κ1) is 11.9. The van der Waals surface area contributed by atoms with Crippen LogP contribution < -0.4 is 10.5 Å². The third kappa shape index (κ3) is 2.37. The van der Waals surface area contributed by atoms with Crippen molar-refractivity contribution in [1.82, 2.24) is 19.7 Å². The molecule has 3 rings (SSSR count). The predicted octanol–water partition coefficient (Wildman–Crippen LogP) is 0.0813. The maximum absolute atomic E-state index is 11.5. The number of H-pyrrole nitrogens is 1. The summed E-state index contributed by atoms with van der Waals surface area (Å²) in [5, 5.41) is 3.00. The van der Waals surface area contributed by atoms with Gasteiger partial charge in [-0.25, -0.2) is 4.98 Å². The zero-order valence-electron chi connectivity index (χ0n) is 10.6. The quantitative estimate of drug-likeness (QED) is 0.828. The lowest BCUT2D eigenvalue weighted by atomic mass is 10.2. The Kier molecular flexibility index (Phi) is 3.04. The first-order chi connectivity index (χ1) is 9.24. The highest BCUT2D eigenvalue weighted by molar-refractivity contribution is 5.36. The summed E-state index contributed by atoms with van der Waals surface area (Å²) in [5.74, 6) is 0.828. The first-order valence-electron chi connectivity index (χ1n) is 6.12. The molecule has 3 heterocycles. The molecular formula is C12H15N5O2. The Labute approximate surface area is 109 Å². The number of anilines is 1. The van der Waals surface area contributed by atoms with Gasteiger partial charge in [-0.15, -0.1) is 0 Å². The van der Waals surface area contributed by atoms with Gasteiger partial charge < -0.3 is 9.64 Å². The lowest BCUT2D eigenvalue weighted by Gasteiger charge is -2.32. The number of aromatic amines is 1. The Balaban J connectivity index is 1.80. The summed E-state index contributed by atoms with van der Waals surface area (Å²) < 4.78 is 7.16. The minimum atomic E-state index is -0.148. The van der Waals surface area contributed by atoms with Crippen molar-refractivity contribution in [3.8, 4) is 0 Å². The zero-order valence-corrected chi connectivity index (χ0v) is 10.6. The van der Waals surface area contributed by atoms with Gasteiger partial charge in [0.15, 0.2) is 0 Å². The molecule has 100 valence electrons. The Morgan fingerprint density at radius 1 is 1.47 bits per heavy atom. The molecule has 7 nitrogen and oxygen atoms in total. The minimum absolute atomic E-state index is 0.0600. The molecular weight excluding hydrogens is 246 g/mol. The van der Waals surface area contributed by atoms with Gasteiger partial charge in [0.05, 0.1) is 25.0 Å². The van der Waals surface area contributed by atoms with Crippen LogP contribution in [0, 0.1) is 0 Å². The highest BCUT2D eigenvalue weighted by Crippen LogP contribution is 2.22. The second-order valence-corrected chi connectivity index (χ2v) is 4.48. The van der Waals surface area contributed by atoms with Crippen LogP contribution in [0.25, 0.3) is 0 Å². The van der Waals surface area contributed by atoms with E-state index in [2.05, 4.69) is 20.0 Å². The van der Waals surface area contributed by atoms with Crippen molar-refractivity contribution < 1.29 is 4.74 Å². The van der Waals surface area contributed by atoms with E-state index in [1.54, 1.807) is 31.7 Å². The van der Waals surface area contributed by atoms with Crippen molar-refractivity contribution in [2.75, 3.05) is 24.6 Å². The number of hydrogen-bond donors (Lipinski definition) is 1. The van der Waals surface area contributed by atoms with Crippen LogP contribution in [0.15, 0.2) is 29.5 Å². The van der Waals surface area contributed by atoms with Crippen LogP contribution in [0.3, 0.4) is 0 Å². The van der Waals surface area contributed by atoms with E-state index in [0.29, 0.717) is 13.2 Å². The smallest absolute Gasteiger partial charge is 0.266 e. The van der Waals surface area contributed by atoms with Gasteiger partial charge in [-0.1, -0.05) is 0 Å².